The highest BCUT2D eigenvalue weighted by Crippen LogP contribution is 2.28. The fourth-order valence-corrected chi connectivity index (χ4v) is 3.48. The number of fused-ring (bicyclic) bond motifs is 1. The average Bonchev–Trinajstić information content (AvgIpc) is 2.79. The molecule has 2 aromatic carbocycles. The van der Waals surface area contributed by atoms with Gasteiger partial charge in [0, 0.05) is 18.4 Å². The molecule has 2 heterocycles. The largest absolute Gasteiger partial charge is 0.449 e. The number of nitrogens with zero attached hydrogens (tertiary/aromatic N) is 2. The van der Waals surface area contributed by atoms with Gasteiger partial charge in [0.1, 0.15) is 11.3 Å². The fraction of sp³-hybridized carbons (Fsp3) is 0.208. The highest BCUT2D eigenvalue weighted by Gasteiger charge is 2.29. The lowest BCUT2D eigenvalue weighted by Crippen LogP contribution is -2.42. The van der Waals surface area contributed by atoms with Crippen molar-refractivity contribution in [2.45, 2.75) is 25.9 Å². The highest BCUT2D eigenvalue weighted by molar-refractivity contribution is 6.00. The van der Waals surface area contributed by atoms with Crippen molar-refractivity contribution in [2.75, 3.05) is 11.4 Å². The summed E-state index contributed by atoms with van der Waals surface area (Å²) in [6.45, 7) is 2.19. The summed E-state index contributed by atoms with van der Waals surface area (Å²) in [5, 5.41) is 0. The second-order valence-electron chi connectivity index (χ2n) is 7.04. The van der Waals surface area contributed by atoms with E-state index >= 15 is 0 Å². The number of ether oxygens (including phenoxy) is 2. The minimum Gasteiger partial charge on any atom is -0.449 e. The number of benzene rings is 2. The van der Waals surface area contributed by atoms with Crippen molar-refractivity contribution in [1.29, 1.82) is 0 Å². The summed E-state index contributed by atoms with van der Waals surface area (Å²) in [5.41, 5.74) is 2.17. The Morgan fingerprint density at radius 1 is 1.00 bits per heavy atom. The number of aromatic nitrogens is 1. The van der Waals surface area contributed by atoms with E-state index in [9.17, 15) is 9.59 Å². The van der Waals surface area contributed by atoms with Gasteiger partial charge < -0.3 is 14.4 Å². The van der Waals surface area contributed by atoms with Crippen LogP contribution in [0.4, 0.5) is 5.69 Å². The van der Waals surface area contributed by atoms with Crippen molar-refractivity contribution in [1.82, 2.24) is 4.98 Å². The van der Waals surface area contributed by atoms with Crippen LogP contribution in [0.15, 0.2) is 72.9 Å². The number of para-hydroxylation sites is 2. The molecular formula is C24H22N2O4. The Hall–Kier alpha value is -3.67. The molecule has 1 aliphatic rings. The zero-order chi connectivity index (χ0) is 20.9. The summed E-state index contributed by atoms with van der Waals surface area (Å²) in [5.74, 6) is -0.207. The van der Waals surface area contributed by atoms with Gasteiger partial charge in [0.15, 0.2) is 6.10 Å². The molecule has 0 bridgehead atoms. The Bertz CT molecular complexity index is 1050. The Kier molecular flexibility index (Phi) is 5.75. The van der Waals surface area contributed by atoms with Crippen LogP contribution < -0.4 is 9.64 Å². The molecule has 1 amide bonds. The molecule has 1 aromatic heterocycles. The molecule has 0 spiro atoms. The topological polar surface area (TPSA) is 68.7 Å². The molecule has 0 aliphatic carbocycles. The number of hydrogen-bond donors (Lipinski definition) is 0. The van der Waals surface area contributed by atoms with Crippen LogP contribution in [0.2, 0.25) is 0 Å². The molecular weight excluding hydrogens is 380 g/mol. The molecule has 0 N–H and O–H groups in total. The molecule has 0 saturated heterocycles. The first kappa shape index (κ1) is 19.6. The predicted octanol–water partition coefficient (Wildman–Crippen LogP) is 4.40. The summed E-state index contributed by atoms with van der Waals surface area (Å²) in [7, 11) is 0. The second-order valence-corrected chi connectivity index (χ2v) is 7.04. The lowest BCUT2D eigenvalue weighted by Gasteiger charge is -2.31. The molecule has 1 unspecified atom stereocenters. The molecule has 0 fully saturated rings. The lowest BCUT2D eigenvalue weighted by molar-refractivity contribution is -0.126. The van der Waals surface area contributed by atoms with E-state index in [4.69, 9.17) is 9.47 Å². The zero-order valence-electron chi connectivity index (χ0n) is 16.7. The number of carbonyl (C=O) groups is 2. The summed E-state index contributed by atoms with van der Waals surface area (Å²) in [6, 6.07) is 20.1. The Morgan fingerprint density at radius 2 is 1.77 bits per heavy atom. The van der Waals surface area contributed by atoms with E-state index in [1.54, 1.807) is 36.1 Å². The Balaban J connectivity index is 1.49. The second kappa shape index (κ2) is 8.78. The Labute approximate surface area is 175 Å². The maximum atomic E-state index is 13.0. The van der Waals surface area contributed by atoms with Gasteiger partial charge in [-0.25, -0.2) is 9.78 Å². The molecule has 1 atom stereocenters. The van der Waals surface area contributed by atoms with Crippen LogP contribution in [0.25, 0.3) is 0 Å². The SMILES string of the molecule is CC(OC(=O)c1cccnc1Oc1ccccc1)C(=O)N1CCCc2ccccc21. The quantitative estimate of drug-likeness (QED) is 0.592. The first-order chi connectivity index (χ1) is 14.6. The maximum Gasteiger partial charge on any atom is 0.344 e. The third-order valence-electron chi connectivity index (χ3n) is 4.96. The molecule has 6 heteroatoms. The zero-order valence-corrected chi connectivity index (χ0v) is 16.7. The van der Waals surface area contributed by atoms with Gasteiger partial charge >= 0.3 is 5.97 Å². The normalized spacial score (nSPS) is 13.8. The first-order valence-electron chi connectivity index (χ1n) is 9.91. The van der Waals surface area contributed by atoms with Crippen LogP contribution in [-0.4, -0.2) is 29.5 Å². The molecule has 6 nitrogen and oxygen atoms in total. The Morgan fingerprint density at radius 3 is 2.60 bits per heavy atom. The van der Waals surface area contributed by atoms with Crippen molar-refractivity contribution in [3.05, 3.63) is 84.1 Å². The van der Waals surface area contributed by atoms with E-state index in [0.717, 1.165) is 24.1 Å². The lowest BCUT2D eigenvalue weighted by atomic mass is 10.0. The van der Waals surface area contributed by atoms with Crippen molar-refractivity contribution in [3.63, 3.8) is 0 Å². The van der Waals surface area contributed by atoms with E-state index in [1.807, 2.05) is 42.5 Å². The van der Waals surface area contributed by atoms with E-state index < -0.39 is 12.1 Å². The molecule has 152 valence electrons. The number of rotatable bonds is 5. The van der Waals surface area contributed by atoms with Gasteiger partial charge in [0.25, 0.3) is 5.91 Å². The number of aryl methyl sites for hydroxylation is 1. The van der Waals surface area contributed by atoms with E-state index in [0.29, 0.717) is 12.3 Å². The number of hydrogen-bond acceptors (Lipinski definition) is 5. The van der Waals surface area contributed by atoms with Crippen LogP contribution in [-0.2, 0) is 16.0 Å². The van der Waals surface area contributed by atoms with Gasteiger partial charge in [-0.1, -0.05) is 36.4 Å². The van der Waals surface area contributed by atoms with Crippen LogP contribution >= 0.6 is 0 Å². The van der Waals surface area contributed by atoms with Crippen LogP contribution in [0.3, 0.4) is 0 Å². The number of anilines is 1. The van der Waals surface area contributed by atoms with Gasteiger partial charge in [-0.3, -0.25) is 4.79 Å². The van der Waals surface area contributed by atoms with Crippen molar-refractivity contribution < 1.29 is 19.1 Å². The number of amides is 1. The number of carbonyl (C=O) groups excluding carboxylic acids is 2. The van der Waals surface area contributed by atoms with E-state index in [2.05, 4.69) is 4.98 Å². The standard InChI is InChI=1S/C24H22N2O4/c1-17(23(27)26-16-8-10-18-9-5-6-14-21(18)26)29-24(28)20-13-7-15-25-22(20)30-19-11-3-2-4-12-19/h2-7,9,11-15,17H,8,10,16H2,1H3. The van der Waals surface area contributed by atoms with Gasteiger partial charge in [0.2, 0.25) is 5.88 Å². The summed E-state index contributed by atoms with van der Waals surface area (Å²) >= 11 is 0. The van der Waals surface area contributed by atoms with Gasteiger partial charge in [-0.05, 0) is 55.7 Å². The van der Waals surface area contributed by atoms with Crippen LogP contribution in [0.5, 0.6) is 11.6 Å². The third-order valence-corrected chi connectivity index (χ3v) is 4.96. The van der Waals surface area contributed by atoms with E-state index in [-0.39, 0.29) is 17.4 Å². The number of esters is 1. The van der Waals surface area contributed by atoms with Crippen molar-refractivity contribution in [2.24, 2.45) is 0 Å². The summed E-state index contributed by atoms with van der Waals surface area (Å²) in [4.78, 5) is 31.6. The smallest absolute Gasteiger partial charge is 0.344 e. The first-order valence-corrected chi connectivity index (χ1v) is 9.91. The molecule has 1 aliphatic heterocycles. The average molecular weight is 402 g/mol. The molecule has 30 heavy (non-hydrogen) atoms. The molecule has 4 rings (SSSR count). The third kappa shape index (κ3) is 4.17. The van der Waals surface area contributed by atoms with Crippen LogP contribution in [0, 0.1) is 0 Å². The fourth-order valence-electron chi connectivity index (χ4n) is 3.48. The summed E-state index contributed by atoms with van der Waals surface area (Å²) in [6.07, 6.45) is 2.41. The van der Waals surface area contributed by atoms with Gasteiger partial charge in [0.05, 0.1) is 0 Å². The predicted molar refractivity (Wildman–Crippen MR) is 113 cm³/mol. The van der Waals surface area contributed by atoms with Gasteiger partial charge in [-0.2, -0.15) is 0 Å². The van der Waals surface area contributed by atoms with E-state index in [1.165, 1.54) is 6.20 Å². The minimum atomic E-state index is -0.937. The minimum absolute atomic E-state index is 0.136. The molecule has 0 saturated carbocycles. The van der Waals surface area contributed by atoms with Crippen molar-refractivity contribution >= 4 is 17.6 Å². The van der Waals surface area contributed by atoms with Crippen LogP contribution in [0.1, 0.15) is 29.3 Å². The number of pyridine rings is 1. The maximum absolute atomic E-state index is 13.0. The van der Waals surface area contributed by atoms with Crippen molar-refractivity contribution in [3.8, 4) is 11.6 Å². The summed E-state index contributed by atoms with van der Waals surface area (Å²) < 4.78 is 11.2. The highest BCUT2D eigenvalue weighted by atomic mass is 16.6. The molecule has 0 radical (unpaired) electrons. The monoisotopic (exact) mass is 402 g/mol. The van der Waals surface area contributed by atoms with Gasteiger partial charge in [-0.15, -0.1) is 0 Å². The molecule has 3 aromatic rings.